The van der Waals surface area contributed by atoms with Crippen LogP contribution < -0.4 is 10.1 Å². The highest BCUT2D eigenvalue weighted by Gasteiger charge is 2.55. The Balaban J connectivity index is 1.47. The SMILES string of the molecule is CC(C)(C(=O)NC1C2CC3CC1CC(O)(C3)C2)c1cccc(OCC(=O)O)c1. The van der Waals surface area contributed by atoms with Crippen LogP contribution in [-0.4, -0.2) is 40.3 Å². The van der Waals surface area contributed by atoms with Crippen LogP contribution in [0.1, 0.15) is 51.5 Å². The molecule has 0 aliphatic heterocycles. The van der Waals surface area contributed by atoms with E-state index in [1.165, 1.54) is 0 Å². The van der Waals surface area contributed by atoms with Gasteiger partial charge in [-0.15, -0.1) is 0 Å². The molecule has 28 heavy (non-hydrogen) atoms. The monoisotopic (exact) mass is 387 g/mol. The van der Waals surface area contributed by atoms with E-state index in [1.54, 1.807) is 18.2 Å². The number of amides is 1. The van der Waals surface area contributed by atoms with Gasteiger partial charge in [0.2, 0.25) is 5.91 Å². The van der Waals surface area contributed by atoms with Gasteiger partial charge in [0.15, 0.2) is 6.61 Å². The van der Waals surface area contributed by atoms with E-state index >= 15 is 0 Å². The summed E-state index contributed by atoms with van der Waals surface area (Å²) >= 11 is 0. The first-order valence-electron chi connectivity index (χ1n) is 10.1. The summed E-state index contributed by atoms with van der Waals surface area (Å²) in [6, 6.07) is 7.21. The normalized spacial score (nSPS) is 33.5. The zero-order valence-electron chi connectivity index (χ0n) is 16.5. The lowest BCUT2D eigenvalue weighted by molar-refractivity contribution is -0.148. The quantitative estimate of drug-likeness (QED) is 0.697. The minimum Gasteiger partial charge on any atom is -0.482 e. The minimum atomic E-state index is -1.04. The van der Waals surface area contributed by atoms with Gasteiger partial charge in [-0.05, 0) is 81.4 Å². The molecular weight excluding hydrogens is 358 g/mol. The number of aliphatic hydroxyl groups is 1. The van der Waals surface area contributed by atoms with Crippen LogP contribution in [0.2, 0.25) is 0 Å². The van der Waals surface area contributed by atoms with Crippen LogP contribution >= 0.6 is 0 Å². The average Bonchev–Trinajstić information content (AvgIpc) is 2.61. The van der Waals surface area contributed by atoms with Gasteiger partial charge in [0.1, 0.15) is 5.75 Å². The van der Waals surface area contributed by atoms with Gasteiger partial charge in [-0.25, -0.2) is 4.79 Å². The summed E-state index contributed by atoms with van der Waals surface area (Å²) in [6.45, 7) is 3.34. The molecule has 6 heteroatoms. The third-order valence-corrected chi connectivity index (χ3v) is 7.02. The molecule has 4 bridgehead atoms. The Morgan fingerprint density at radius 1 is 1.21 bits per heavy atom. The van der Waals surface area contributed by atoms with Crippen molar-refractivity contribution in [2.45, 2.75) is 63.0 Å². The Morgan fingerprint density at radius 3 is 2.50 bits per heavy atom. The van der Waals surface area contributed by atoms with E-state index in [0.717, 1.165) is 37.7 Å². The fraction of sp³-hybridized carbons (Fsp3) is 0.636. The third-order valence-electron chi connectivity index (χ3n) is 7.02. The summed E-state index contributed by atoms with van der Waals surface area (Å²) in [4.78, 5) is 23.9. The first kappa shape index (κ1) is 19.2. The second-order valence-electron chi connectivity index (χ2n) is 9.53. The topological polar surface area (TPSA) is 95.9 Å². The fourth-order valence-corrected chi connectivity index (χ4v) is 5.80. The lowest BCUT2D eigenvalue weighted by atomic mass is 9.52. The smallest absolute Gasteiger partial charge is 0.341 e. The molecule has 4 aliphatic carbocycles. The highest BCUT2D eigenvalue weighted by molar-refractivity contribution is 5.87. The summed E-state index contributed by atoms with van der Waals surface area (Å²) in [5.74, 6) is 0.699. The lowest BCUT2D eigenvalue weighted by Crippen LogP contribution is -2.62. The van der Waals surface area contributed by atoms with Gasteiger partial charge in [-0.3, -0.25) is 4.79 Å². The summed E-state index contributed by atoms with van der Waals surface area (Å²) < 4.78 is 5.26. The van der Waals surface area contributed by atoms with E-state index in [0.29, 0.717) is 23.5 Å². The molecule has 1 amide bonds. The molecule has 6 nitrogen and oxygen atoms in total. The van der Waals surface area contributed by atoms with Crippen molar-refractivity contribution in [1.82, 2.24) is 5.32 Å². The number of aliphatic carboxylic acids is 1. The third kappa shape index (κ3) is 3.50. The first-order chi connectivity index (χ1) is 13.2. The van der Waals surface area contributed by atoms with Gasteiger partial charge in [0, 0.05) is 6.04 Å². The summed E-state index contributed by atoms with van der Waals surface area (Å²) in [6.07, 6.45) is 4.72. The van der Waals surface area contributed by atoms with Crippen molar-refractivity contribution in [2.24, 2.45) is 17.8 Å². The molecule has 4 saturated carbocycles. The minimum absolute atomic E-state index is 0.0349. The Morgan fingerprint density at radius 2 is 1.89 bits per heavy atom. The number of carboxylic acids is 1. The molecule has 2 unspecified atom stereocenters. The van der Waals surface area contributed by atoms with Gasteiger partial charge >= 0.3 is 5.97 Å². The Bertz CT molecular complexity index is 773. The predicted molar refractivity (Wildman–Crippen MR) is 103 cm³/mol. The molecule has 152 valence electrons. The molecule has 2 atom stereocenters. The maximum Gasteiger partial charge on any atom is 0.341 e. The van der Waals surface area contributed by atoms with E-state index in [-0.39, 0.29) is 11.9 Å². The van der Waals surface area contributed by atoms with Crippen molar-refractivity contribution in [1.29, 1.82) is 0 Å². The van der Waals surface area contributed by atoms with Crippen LogP contribution in [0.25, 0.3) is 0 Å². The molecule has 0 saturated heterocycles. The highest BCUT2D eigenvalue weighted by atomic mass is 16.5. The van der Waals surface area contributed by atoms with Crippen molar-refractivity contribution in [3.63, 3.8) is 0 Å². The van der Waals surface area contributed by atoms with Gasteiger partial charge in [-0.2, -0.15) is 0 Å². The fourth-order valence-electron chi connectivity index (χ4n) is 5.80. The number of carboxylic acid groups (broad SMARTS) is 1. The number of carbonyl (C=O) groups excluding carboxylic acids is 1. The van der Waals surface area contributed by atoms with Crippen LogP contribution in [0.15, 0.2) is 24.3 Å². The van der Waals surface area contributed by atoms with Crippen LogP contribution in [0.3, 0.4) is 0 Å². The number of benzene rings is 1. The Kier molecular flexibility index (Phi) is 4.65. The molecule has 0 spiro atoms. The number of hydrogen-bond acceptors (Lipinski definition) is 4. The largest absolute Gasteiger partial charge is 0.482 e. The molecular formula is C22H29NO5. The molecule has 1 aromatic rings. The molecule has 1 aromatic carbocycles. The summed E-state index contributed by atoms with van der Waals surface area (Å²) in [7, 11) is 0. The maximum absolute atomic E-state index is 13.2. The van der Waals surface area contributed by atoms with Gasteiger partial charge < -0.3 is 20.3 Å². The molecule has 3 N–H and O–H groups in total. The first-order valence-corrected chi connectivity index (χ1v) is 10.1. The van der Waals surface area contributed by atoms with Gasteiger partial charge in [0.25, 0.3) is 0 Å². The van der Waals surface area contributed by atoms with E-state index in [1.807, 2.05) is 19.9 Å². The molecule has 0 aromatic heterocycles. The van der Waals surface area contributed by atoms with E-state index < -0.39 is 23.6 Å². The molecule has 0 heterocycles. The second kappa shape index (κ2) is 6.76. The molecule has 4 fully saturated rings. The number of ether oxygens (including phenoxy) is 1. The summed E-state index contributed by atoms with van der Waals surface area (Å²) in [5, 5.41) is 22.8. The summed E-state index contributed by atoms with van der Waals surface area (Å²) in [5.41, 5.74) is -0.493. The van der Waals surface area contributed by atoms with Crippen molar-refractivity contribution >= 4 is 11.9 Å². The standard InChI is InChI=1S/C22H29NO5/c1-21(2,16-4-3-5-17(8-16)28-12-18(24)25)20(26)23-19-14-6-13-7-15(19)11-22(27,9-13)10-14/h3-5,8,13-15,19,27H,6-7,9-12H2,1-2H3,(H,23,26)(H,24,25). The van der Waals surface area contributed by atoms with Crippen LogP contribution in [0, 0.1) is 17.8 Å². The molecule has 0 radical (unpaired) electrons. The Hall–Kier alpha value is -2.08. The second-order valence-corrected chi connectivity index (χ2v) is 9.53. The lowest BCUT2D eigenvalue weighted by Gasteiger charge is -2.58. The van der Waals surface area contributed by atoms with Crippen LogP contribution in [-0.2, 0) is 15.0 Å². The number of hydrogen-bond donors (Lipinski definition) is 3. The van der Waals surface area contributed by atoms with Crippen molar-refractivity contribution < 1.29 is 24.5 Å². The van der Waals surface area contributed by atoms with E-state index in [2.05, 4.69) is 5.32 Å². The predicted octanol–water partition coefficient (Wildman–Crippen LogP) is 2.48. The zero-order valence-corrected chi connectivity index (χ0v) is 16.5. The van der Waals surface area contributed by atoms with Gasteiger partial charge in [0.05, 0.1) is 11.0 Å². The van der Waals surface area contributed by atoms with Crippen LogP contribution in [0.4, 0.5) is 0 Å². The van der Waals surface area contributed by atoms with Crippen molar-refractivity contribution in [2.75, 3.05) is 6.61 Å². The zero-order chi connectivity index (χ0) is 20.1. The highest BCUT2D eigenvalue weighted by Crippen LogP contribution is 2.55. The van der Waals surface area contributed by atoms with Gasteiger partial charge in [-0.1, -0.05) is 12.1 Å². The maximum atomic E-state index is 13.2. The number of nitrogens with one attached hydrogen (secondary N) is 1. The number of carbonyl (C=O) groups is 2. The van der Waals surface area contributed by atoms with Crippen LogP contribution in [0.5, 0.6) is 5.75 Å². The molecule has 4 aliphatic rings. The Labute approximate surface area is 165 Å². The average molecular weight is 387 g/mol. The molecule has 5 rings (SSSR count). The van der Waals surface area contributed by atoms with E-state index in [4.69, 9.17) is 9.84 Å². The number of rotatable bonds is 6. The van der Waals surface area contributed by atoms with Crippen molar-refractivity contribution in [3.05, 3.63) is 29.8 Å². The van der Waals surface area contributed by atoms with E-state index in [9.17, 15) is 14.7 Å². The van der Waals surface area contributed by atoms with Crippen molar-refractivity contribution in [3.8, 4) is 5.75 Å².